The Morgan fingerprint density at radius 1 is 1.18 bits per heavy atom. The van der Waals surface area contributed by atoms with E-state index in [2.05, 4.69) is 15.5 Å². The molecule has 1 amide bonds. The molecule has 4 aromatic rings. The average Bonchev–Trinajstić information content (AvgIpc) is 3.15. The maximum atomic E-state index is 12.1. The maximum absolute atomic E-state index is 12.1. The molecule has 28 heavy (non-hydrogen) atoms. The molecule has 0 bridgehead atoms. The zero-order valence-electron chi connectivity index (χ0n) is 15.1. The van der Waals surface area contributed by atoms with Gasteiger partial charge in [-0.3, -0.25) is 4.79 Å². The van der Waals surface area contributed by atoms with E-state index in [4.69, 9.17) is 4.74 Å². The fraction of sp³-hybridized carbons (Fsp3) is 0.0952. The fourth-order valence-electron chi connectivity index (χ4n) is 2.83. The Morgan fingerprint density at radius 2 is 2.00 bits per heavy atom. The third kappa shape index (κ3) is 4.00. The first kappa shape index (κ1) is 18.5. The monoisotopic (exact) mass is 407 g/mol. The number of nitrogens with zero attached hydrogens (tertiary/aromatic N) is 2. The van der Waals surface area contributed by atoms with E-state index in [0.717, 1.165) is 30.9 Å². The van der Waals surface area contributed by atoms with Crippen molar-refractivity contribution in [2.75, 3.05) is 12.9 Å². The highest BCUT2D eigenvalue weighted by molar-refractivity contribution is 8.01. The van der Waals surface area contributed by atoms with Gasteiger partial charge >= 0.3 is 0 Å². The molecule has 0 spiro atoms. The van der Waals surface area contributed by atoms with Crippen LogP contribution in [-0.2, 0) is 4.79 Å². The minimum Gasteiger partial charge on any atom is -0.496 e. The number of thioether (sulfide) groups is 1. The number of para-hydroxylation sites is 1. The predicted octanol–water partition coefficient (Wildman–Crippen LogP) is 4.70. The van der Waals surface area contributed by atoms with Gasteiger partial charge in [-0.1, -0.05) is 54.2 Å². The molecule has 0 aliphatic heterocycles. The van der Waals surface area contributed by atoms with Crippen LogP contribution >= 0.6 is 23.1 Å². The molecule has 5 nitrogen and oxygen atoms in total. The molecule has 1 N–H and O–H groups in total. The van der Waals surface area contributed by atoms with Gasteiger partial charge in [0, 0.05) is 5.56 Å². The summed E-state index contributed by atoms with van der Waals surface area (Å²) < 4.78 is 7.42. The van der Waals surface area contributed by atoms with Crippen LogP contribution in [-0.4, -0.2) is 30.0 Å². The van der Waals surface area contributed by atoms with Crippen LogP contribution in [0, 0.1) is 0 Å². The number of hydrazone groups is 1. The smallest absolute Gasteiger partial charge is 0.250 e. The van der Waals surface area contributed by atoms with Gasteiger partial charge in [0.1, 0.15) is 5.75 Å². The van der Waals surface area contributed by atoms with Crippen molar-refractivity contribution in [3.8, 4) is 5.75 Å². The number of amides is 1. The molecule has 0 aliphatic rings. The van der Waals surface area contributed by atoms with Crippen molar-refractivity contribution in [1.82, 2.24) is 10.4 Å². The second-order valence-electron chi connectivity index (χ2n) is 5.93. The topological polar surface area (TPSA) is 63.6 Å². The number of hydrogen-bond donors (Lipinski definition) is 1. The van der Waals surface area contributed by atoms with Crippen molar-refractivity contribution in [3.05, 3.63) is 66.2 Å². The third-order valence-electron chi connectivity index (χ3n) is 4.13. The summed E-state index contributed by atoms with van der Waals surface area (Å²) in [5.41, 5.74) is 4.37. The van der Waals surface area contributed by atoms with Crippen molar-refractivity contribution in [2.24, 2.45) is 5.10 Å². The number of hydrogen-bond acceptors (Lipinski definition) is 6. The molecule has 0 fully saturated rings. The second-order valence-corrected chi connectivity index (χ2v) is 8.19. The minimum atomic E-state index is -0.181. The molecule has 4 rings (SSSR count). The minimum absolute atomic E-state index is 0.181. The second kappa shape index (κ2) is 8.41. The van der Waals surface area contributed by atoms with Crippen LogP contribution in [0.1, 0.15) is 5.56 Å². The Balaban J connectivity index is 1.42. The molecular weight excluding hydrogens is 390 g/mol. The summed E-state index contributed by atoms with van der Waals surface area (Å²) in [6.07, 6.45) is 1.63. The van der Waals surface area contributed by atoms with Crippen molar-refractivity contribution in [3.63, 3.8) is 0 Å². The van der Waals surface area contributed by atoms with Crippen LogP contribution in [0.5, 0.6) is 5.75 Å². The summed E-state index contributed by atoms with van der Waals surface area (Å²) in [5, 5.41) is 6.22. The van der Waals surface area contributed by atoms with E-state index in [1.54, 1.807) is 24.7 Å². The zero-order valence-corrected chi connectivity index (χ0v) is 16.7. The number of benzene rings is 3. The number of aromatic nitrogens is 1. The van der Waals surface area contributed by atoms with E-state index in [1.165, 1.54) is 11.8 Å². The van der Waals surface area contributed by atoms with Gasteiger partial charge in [0.2, 0.25) is 0 Å². The number of methoxy groups -OCH3 is 1. The lowest BCUT2D eigenvalue weighted by molar-refractivity contribution is -0.118. The predicted molar refractivity (Wildman–Crippen MR) is 117 cm³/mol. The van der Waals surface area contributed by atoms with Crippen molar-refractivity contribution in [1.29, 1.82) is 0 Å². The van der Waals surface area contributed by atoms with Crippen LogP contribution < -0.4 is 10.2 Å². The van der Waals surface area contributed by atoms with Crippen molar-refractivity contribution >= 4 is 56.2 Å². The lowest BCUT2D eigenvalue weighted by Gasteiger charge is -2.08. The molecule has 0 aliphatic carbocycles. The Hall–Kier alpha value is -2.90. The van der Waals surface area contributed by atoms with Gasteiger partial charge in [0.15, 0.2) is 4.34 Å². The summed E-state index contributed by atoms with van der Waals surface area (Å²) in [7, 11) is 1.62. The van der Waals surface area contributed by atoms with Crippen LogP contribution in [0.25, 0.3) is 21.0 Å². The number of ether oxygens (including phenoxy) is 1. The van der Waals surface area contributed by atoms with E-state index in [0.29, 0.717) is 5.75 Å². The molecular formula is C21H17N3O2S2. The quantitative estimate of drug-likeness (QED) is 0.286. The Morgan fingerprint density at radius 3 is 2.86 bits per heavy atom. The van der Waals surface area contributed by atoms with E-state index < -0.39 is 0 Å². The van der Waals surface area contributed by atoms with Crippen molar-refractivity contribution < 1.29 is 9.53 Å². The maximum Gasteiger partial charge on any atom is 0.250 e. The van der Waals surface area contributed by atoms with Crippen LogP contribution in [0.3, 0.4) is 0 Å². The van der Waals surface area contributed by atoms with E-state index in [1.807, 2.05) is 60.7 Å². The van der Waals surface area contributed by atoms with Gasteiger partial charge in [-0.2, -0.15) is 5.10 Å². The lowest BCUT2D eigenvalue weighted by atomic mass is 10.0. The number of carbonyl (C=O) groups excluding carboxylic acids is 1. The summed E-state index contributed by atoms with van der Waals surface area (Å²) >= 11 is 2.99. The fourth-order valence-corrected chi connectivity index (χ4v) is 4.69. The number of rotatable bonds is 6. The van der Waals surface area contributed by atoms with E-state index in [9.17, 15) is 4.79 Å². The molecule has 0 radical (unpaired) electrons. The molecule has 7 heteroatoms. The molecule has 140 valence electrons. The lowest BCUT2D eigenvalue weighted by Crippen LogP contribution is -2.19. The highest BCUT2D eigenvalue weighted by Crippen LogP contribution is 2.29. The highest BCUT2D eigenvalue weighted by atomic mass is 32.2. The first-order valence-electron chi connectivity index (χ1n) is 8.60. The summed E-state index contributed by atoms with van der Waals surface area (Å²) in [6.45, 7) is 0. The molecule has 0 unspecified atom stereocenters. The molecule has 0 atom stereocenters. The van der Waals surface area contributed by atoms with E-state index in [-0.39, 0.29) is 11.7 Å². The Kier molecular flexibility index (Phi) is 5.55. The SMILES string of the molecule is COc1ccc2ccccc2c1C=NNC(=O)CSc1nc2ccccc2s1. The number of thiazole rings is 1. The molecule has 3 aromatic carbocycles. The molecule has 1 heterocycles. The van der Waals surface area contributed by atoms with Gasteiger partial charge in [0.25, 0.3) is 5.91 Å². The van der Waals surface area contributed by atoms with Crippen molar-refractivity contribution in [2.45, 2.75) is 4.34 Å². The van der Waals surface area contributed by atoms with Crippen LogP contribution in [0.4, 0.5) is 0 Å². The Labute approximate surface area is 170 Å². The first-order chi connectivity index (χ1) is 13.7. The first-order valence-corrected chi connectivity index (χ1v) is 10.4. The number of carbonyl (C=O) groups is 1. The van der Waals surface area contributed by atoms with Gasteiger partial charge in [-0.25, -0.2) is 10.4 Å². The zero-order chi connectivity index (χ0) is 19.3. The van der Waals surface area contributed by atoms with E-state index >= 15 is 0 Å². The van der Waals surface area contributed by atoms with Crippen LogP contribution in [0.15, 0.2) is 70.1 Å². The molecule has 0 saturated carbocycles. The standard InChI is InChI=1S/C21H17N3O2S2/c1-26-18-11-10-14-6-2-3-7-15(14)16(18)12-22-24-20(25)13-27-21-23-17-8-4-5-9-19(17)28-21/h2-12H,13H2,1H3,(H,24,25). The Bertz CT molecular complexity index is 1140. The normalized spacial score (nSPS) is 11.3. The van der Waals surface area contributed by atoms with Gasteiger partial charge in [-0.05, 0) is 29.0 Å². The third-order valence-corrected chi connectivity index (χ3v) is 6.31. The number of nitrogens with one attached hydrogen (secondary N) is 1. The van der Waals surface area contributed by atoms with Gasteiger partial charge in [-0.15, -0.1) is 11.3 Å². The summed E-state index contributed by atoms with van der Waals surface area (Å²) in [5.74, 6) is 0.782. The van der Waals surface area contributed by atoms with Gasteiger partial charge < -0.3 is 4.74 Å². The van der Waals surface area contributed by atoms with Crippen LogP contribution in [0.2, 0.25) is 0 Å². The van der Waals surface area contributed by atoms with Gasteiger partial charge in [0.05, 0.1) is 29.3 Å². The highest BCUT2D eigenvalue weighted by Gasteiger charge is 2.08. The average molecular weight is 408 g/mol. The molecule has 0 saturated heterocycles. The number of fused-ring (bicyclic) bond motifs is 2. The summed E-state index contributed by atoms with van der Waals surface area (Å²) in [4.78, 5) is 16.7. The summed E-state index contributed by atoms with van der Waals surface area (Å²) in [6, 6.07) is 19.8. The largest absolute Gasteiger partial charge is 0.496 e. The molecule has 1 aromatic heterocycles.